The number of carbonyl (C=O) groups excluding carboxylic acids is 2. The van der Waals surface area contributed by atoms with Gasteiger partial charge < -0.3 is 19.7 Å². The number of aryl methyl sites for hydroxylation is 1. The molecule has 27 heavy (non-hydrogen) atoms. The summed E-state index contributed by atoms with van der Waals surface area (Å²) in [5.74, 6) is -0.435. The summed E-state index contributed by atoms with van der Waals surface area (Å²) in [6, 6.07) is 4.73. The summed E-state index contributed by atoms with van der Waals surface area (Å²) in [5, 5.41) is 2.78. The Kier molecular flexibility index (Phi) is 5.46. The summed E-state index contributed by atoms with van der Waals surface area (Å²) in [5.41, 5.74) is -1.34. The van der Waals surface area contributed by atoms with E-state index in [4.69, 9.17) is 9.47 Å². The minimum absolute atomic E-state index is 0.100. The number of amides is 2. The minimum Gasteiger partial charge on any atom is -0.444 e. The molecule has 7 heteroatoms. The third kappa shape index (κ3) is 5.11. The molecular weight excluding hydrogens is 351 g/mol. The van der Waals surface area contributed by atoms with Crippen molar-refractivity contribution in [3.05, 3.63) is 35.1 Å². The van der Waals surface area contributed by atoms with E-state index in [2.05, 4.69) is 5.32 Å². The highest BCUT2D eigenvalue weighted by Crippen LogP contribution is 2.37. The predicted octanol–water partition coefficient (Wildman–Crippen LogP) is 4.10. The number of ether oxygens (including phenoxy) is 2. The highest BCUT2D eigenvalue weighted by molar-refractivity contribution is 5.73. The van der Waals surface area contributed by atoms with Gasteiger partial charge in [-0.05, 0) is 60.1 Å². The van der Waals surface area contributed by atoms with Crippen molar-refractivity contribution in [1.29, 1.82) is 0 Å². The molecule has 0 spiro atoms. The largest absolute Gasteiger partial charge is 0.444 e. The smallest absolute Gasteiger partial charge is 0.410 e. The molecule has 1 aliphatic heterocycles. The number of hydrogen-bond acceptors (Lipinski definition) is 4. The Morgan fingerprint density at radius 2 is 1.63 bits per heavy atom. The second-order valence-corrected chi connectivity index (χ2v) is 8.98. The number of nitrogens with zero attached hydrogens (tertiary/aromatic N) is 1. The Hall–Kier alpha value is -2.31. The molecule has 0 aromatic heterocycles. The van der Waals surface area contributed by atoms with Crippen LogP contribution < -0.4 is 5.32 Å². The zero-order valence-corrected chi connectivity index (χ0v) is 17.1. The Labute approximate surface area is 160 Å². The lowest BCUT2D eigenvalue weighted by molar-refractivity contribution is -0.0239. The predicted molar refractivity (Wildman–Crippen MR) is 100.0 cm³/mol. The number of nitrogens with one attached hydrogen (secondary N) is 1. The molecule has 0 radical (unpaired) electrons. The van der Waals surface area contributed by atoms with Crippen molar-refractivity contribution >= 4 is 12.2 Å². The second-order valence-electron chi connectivity index (χ2n) is 8.98. The molecule has 0 bridgehead atoms. The van der Waals surface area contributed by atoms with Gasteiger partial charge in [-0.1, -0.05) is 12.1 Å². The van der Waals surface area contributed by atoms with Crippen molar-refractivity contribution in [3.63, 3.8) is 0 Å². The number of carbonyl (C=O) groups is 2. The lowest BCUT2D eigenvalue weighted by atomic mass is 9.80. The van der Waals surface area contributed by atoms with Crippen LogP contribution in [0.25, 0.3) is 0 Å². The van der Waals surface area contributed by atoms with Gasteiger partial charge in [-0.15, -0.1) is 0 Å². The van der Waals surface area contributed by atoms with Crippen LogP contribution in [-0.4, -0.2) is 41.4 Å². The molecule has 1 aromatic rings. The average Bonchev–Trinajstić information content (AvgIpc) is 2.39. The van der Waals surface area contributed by atoms with Gasteiger partial charge in [-0.2, -0.15) is 0 Å². The summed E-state index contributed by atoms with van der Waals surface area (Å²) < 4.78 is 25.3. The van der Waals surface area contributed by atoms with Crippen molar-refractivity contribution in [1.82, 2.24) is 10.2 Å². The van der Waals surface area contributed by atoms with Crippen LogP contribution in [0.15, 0.2) is 18.2 Å². The van der Waals surface area contributed by atoms with E-state index >= 15 is 0 Å². The van der Waals surface area contributed by atoms with Gasteiger partial charge in [0.2, 0.25) is 0 Å². The third-order valence-electron chi connectivity index (χ3n) is 4.01. The maximum atomic E-state index is 14.6. The van der Waals surface area contributed by atoms with E-state index in [9.17, 15) is 14.0 Å². The van der Waals surface area contributed by atoms with Crippen LogP contribution >= 0.6 is 0 Å². The normalized spacial score (nSPS) is 16.4. The van der Waals surface area contributed by atoms with Gasteiger partial charge in [0.25, 0.3) is 0 Å². The fourth-order valence-corrected chi connectivity index (χ4v) is 3.10. The quantitative estimate of drug-likeness (QED) is 0.839. The minimum atomic E-state index is -1.06. The molecule has 1 aliphatic rings. The van der Waals surface area contributed by atoms with E-state index in [1.54, 1.807) is 60.6 Å². The van der Waals surface area contributed by atoms with Crippen LogP contribution in [0.4, 0.5) is 14.0 Å². The van der Waals surface area contributed by atoms with Crippen LogP contribution in [0.5, 0.6) is 0 Å². The van der Waals surface area contributed by atoms with Crippen molar-refractivity contribution < 1.29 is 23.5 Å². The fourth-order valence-electron chi connectivity index (χ4n) is 3.10. The van der Waals surface area contributed by atoms with Gasteiger partial charge in [0, 0.05) is 5.56 Å². The fraction of sp³-hybridized carbons (Fsp3) is 0.600. The Morgan fingerprint density at radius 1 is 1.07 bits per heavy atom. The van der Waals surface area contributed by atoms with Gasteiger partial charge in [-0.25, -0.2) is 14.0 Å². The molecule has 1 N–H and O–H groups in total. The topological polar surface area (TPSA) is 67.9 Å². The molecule has 1 saturated heterocycles. The van der Waals surface area contributed by atoms with E-state index in [1.807, 2.05) is 0 Å². The molecule has 1 heterocycles. The lowest BCUT2D eigenvalue weighted by Gasteiger charge is -2.50. The zero-order chi connectivity index (χ0) is 20.6. The standard InChI is InChI=1S/C20H29FN2O4/c1-13-9-8-10-14(21)15(13)20(22-16(24)26-18(2,3)4)11-23(12-20)17(25)27-19(5,6)7/h8-10H,11-12H2,1-7H3,(H,22,24). The summed E-state index contributed by atoms with van der Waals surface area (Å²) in [6.45, 7) is 12.6. The van der Waals surface area contributed by atoms with Crippen LogP contribution in [0.2, 0.25) is 0 Å². The van der Waals surface area contributed by atoms with Crippen LogP contribution in [0, 0.1) is 12.7 Å². The molecule has 1 fully saturated rings. The van der Waals surface area contributed by atoms with Crippen molar-refractivity contribution in [2.75, 3.05) is 13.1 Å². The number of likely N-dealkylation sites (tertiary alicyclic amines) is 1. The monoisotopic (exact) mass is 380 g/mol. The molecule has 0 aliphatic carbocycles. The highest BCUT2D eigenvalue weighted by Gasteiger charge is 2.51. The van der Waals surface area contributed by atoms with E-state index < -0.39 is 34.7 Å². The van der Waals surface area contributed by atoms with Crippen LogP contribution in [0.3, 0.4) is 0 Å². The number of alkyl carbamates (subject to hydrolysis) is 1. The third-order valence-corrected chi connectivity index (χ3v) is 4.01. The first-order chi connectivity index (χ1) is 12.2. The lowest BCUT2D eigenvalue weighted by Crippen LogP contribution is -2.70. The molecule has 2 amide bonds. The van der Waals surface area contributed by atoms with Gasteiger partial charge in [0.05, 0.1) is 13.1 Å². The average molecular weight is 380 g/mol. The molecule has 0 atom stereocenters. The van der Waals surface area contributed by atoms with Crippen molar-refractivity contribution in [3.8, 4) is 0 Å². The number of halogens is 1. The van der Waals surface area contributed by atoms with E-state index in [1.165, 1.54) is 11.0 Å². The van der Waals surface area contributed by atoms with Gasteiger partial charge >= 0.3 is 12.2 Å². The van der Waals surface area contributed by atoms with Gasteiger partial charge in [0.1, 0.15) is 22.6 Å². The van der Waals surface area contributed by atoms with E-state index in [0.29, 0.717) is 11.1 Å². The molecule has 1 aromatic carbocycles. The summed E-state index contributed by atoms with van der Waals surface area (Å²) >= 11 is 0. The molecule has 0 unspecified atom stereocenters. The molecule has 0 saturated carbocycles. The highest BCUT2D eigenvalue weighted by atomic mass is 19.1. The SMILES string of the molecule is Cc1cccc(F)c1C1(NC(=O)OC(C)(C)C)CN(C(=O)OC(C)(C)C)C1. The molecule has 6 nitrogen and oxygen atoms in total. The van der Waals surface area contributed by atoms with Crippen LogP contribution in [0.1, 0.15) is 52.7 Å². The van der Waals surface area contributed by atoms with Gasteiger partial charge in [0.15, 0.2) is 0 Å². The second kappa shape index (κ2) is 7.02. The summed E-state index contributed by atoms with van der Waals surface area (Å²) in [4.78, 5) is 26.1. The Balaban J connectivity index is 2.28. The van der Waals surface area contributed by atoms with Crippen LogP contribution in [-0.2, 0) is 15.0 Å². The zero-order valence-electron chi connectivity index (χ0n) is 17.1. The summed E-state index contributed by atoms with van der Waals surface area (Å²) in [7, 11) is 0. The first-order valence-electron chi connectivity index (χ1n) is 8.97. The summed E-state index contributed by atoms with van der Waals surface area (Å²) in [6.07, 6.45) is -1.16. The maximum Gasteiger partial charge on any atom is 0.410 e. The molecular formula is C20H29FN2O4. The van der Waals surface area contributed by atoms with Crippen molar-refractivity contribution in [2.24, 2.45) is 0 Å². The number of benzene rings is 1. The van der Waals surface area contributed by atoms with Crippen molar-refractivity contribution in [2.45, 2.75) is 65.2 Å². The van der Waals surface area contributed by atoms with Gasteiger partial charge in [-0.3, -0.25) is 0 Å². The first-order valence-corrected chi connectivity index (χ1v) is 8.97. The number of rotatable bonds is 2. The molecule has 2 rings (SSSR count). The first kappa shape index (κ1) is 21.0. The van der Waals surface area contributed by atoms with E-state index in [0.717, 1.165) is 0 Å². The Morgan fingerprint density at radius 3 is 2.11 bits per heavy atom. The molecule has 150 valence electrons. The maximum absolute atomic E-state index is 14.6. The number of hydrogen-bond donors (Lipinski definition) is 1. The van der Waals surface area contributed by atoms with E-state index in [-0.39, 0.29) is 13.1 Å². The Bertz CT molecular complexity index is 708.